The molecule has 1 aromatic carbocycles. The van der Waals surface area contributed by atoms with Gasteiger partial charge in [0.1, 0.15) is 0 Å². The number of hydrogen-bond acceptors (Lipinski definition) is 2. The Labute approximate surface area is 108 Å². The number of thioether (sulfide) groups is 1. The summed E-state index contributed by atoms with van der Waals surface area (Å²) in [6, 6.07) is 6.61. The second-order valence-corrected chi connectivity index (χ2v) is 6.10. The standard InChI is InChI=1S/C11H13BrClNS/c12-10-6-8(3-4-11(10)13)14-9-2-1-5-15-7-9/h3-4,6,9,14H,1-2,5,7H2. The normalized spacial score (nSPS) is 21.3. The molecule has 0 aromatic heterocycles. The van der Waals surface area contributed by atoms with E-state index in [1.165, 1.54) is 24.3 Å². The van der Waals surface area contributed by atoms with Gasteiger partial charge in [-0.05, 0) is 52.7 Å². The minimum Gasteiger partial charge on any atom is -0.381 e. The van der Waals surface area contributed by atoms with Crippen LogP contribution in [0.1, 0.15) is 12.8 Å². The second kappa shape index (κ2) is 5.46. The van der Waals surface area contributed by atoms with Crippen LogP contribution in [0.25, 0.3) is 0 Å². The van der Waals surface area contributed by atoms with Crippen LogP contribution in [-0.2, 0) is 0 Å². The molecule has 0 spiro atoms. The predicted molar refractivity (Wildman–Crippen MR) is 73.1 cm³/mol. The van der Waals surface area contributed by atoms with Crippen LogP contribution < -0.4 is 5.32 Å². The van der Waals surface area contributed by atoms with Crippen LogP contribution >= 0.6 is 39.3 Å². The van der Waals surface area contributed by atoms with Crippen LogP contribution in [0.2, 0.25) is 5.02 Å². The molecule has 1 saturated heterocycles. The fourth-order valence-corrected chi connectivity index (χ4v) is 3.24. The van der Waals surface area contributed by atoms with E-state index >= 15 is 0 Å². The van der Waals surface area contributed by atoms with Crippen molar-refractivity contribution in [1.82, 2.24) is 0 Å². The van der Waals surface area contributed by atoms with E-state index in [0.29, 0.717) is 6.04 Å². The lowest BCUT2D eigenvalue weighted by molar-refractivity contribution is 0.685. The maximum absolute atomic E-state index is 5.94. The van der Waals surface area contributed by atoms with E-state index in [1.807, 2.05) is 30.0 Å². The van der Waals surface area contributed by atoms with E-state index in [0.717, 1.165) is 15.2 Å². The highest BCUT2D eigenvalue weighted by Crippen LogP contribution is 2.27. The number of rotatable bonds is 2. The van der Waals surface area contributed by atoms with Crippen LogP contribution in [0, 0.1) is 0 Å². The highest BCUT2D eigenvalue weighted by atomic mass is 79.9. The maximum Gasteiger partial charge on any atom is 0.0549 e. The van der Waals surface area contributed by atoms with Gasteiger partial charge in [0.25, 0.3) is 0 Å². The minimum atomic E-state index is 0.608. The Balaban J connectivity index is 2.00. The molecule has 1 atom stereocenters. The molecule has 15 heavy (non-hydrogen) atoms. The van der Waals surface area contributed by atoms with Gasteiger partial charge in [0.15, 0.2) is 0 Å². The third kappa shape index (κ3) is 3.30. The van der Waals surface area contributed by atoms with Gasteiger partial charge in [-0.2, -0.15) is 11.8 Å². The second-order valence-electron chi connectivity index (χ2n) is 3.69. The van der Waals surface area contributed by atoms with Crippen molar-refractivity contribution in [3.05, 3.63) is 27.7 Å². The summed E-state index contributed by atoms with van der Waals surface area (Å²) >= 11 is 11.4. The molecule has 1 aliphatic heterocycles. The van der Waals surface area contributed by atoms with Gasteiger partial charge in [-0.1, -0.05) is 11.6 Å². The van der Waals surface area contributed by atoms with Gasteiger partial charge in [0, 0.05) is 22.0 Å². The fourth-order valence-electron chi connectivity index (χ4n) is 1.68. The van der Waals surface area contributed by atoms with E-state index in [2.05, 4.69) is 21.2 Å². The summed E-state index contributed by atoms with van der Waals surface area (Å²) in [5, 5.41) is 4.30. The molecule has 0 radical (unpaired) electrons. The third-order valence-corrected chi connectivity index (χ3v) is 4.88. The molecule has 0 amide bonds. The van der Waals surface area contributed by atoms with Crippen molar-refractivity contribution in [3.63, 3.8) is 0 Å². The third-order valence-electron chi connectivity index (χ3n) is 2.45. The van der Waals surface area contributed by atoms with Crippen LogP contribution in [0.3, 0.4) is 0 Å². The molecule has 2 rings (SSSR count). The van der Waals surface area contributed by atoms with E-state index < -0.39 is 0 Å². The molecule has 1 N–H and O–H groups in total. The Morgan fingerprint density at radius 1 is 1.47 bits per heavy atom. The molecule has 1 nitrogen and oxygen atoms in total. The lowest BCUT2D eigenvalue weighted by atomic mass is 10.2. The van der Waals surface area contributed by atoms with Gasteiger partial charge >= 0.3 is 0 Å². The predicted octanol–water partition coefficient (Wildman–Crippen LogP) is 4.41. The van der Waals surface area contributed by atoms with Crippen molar-refractivity contribution in [1.29, 1.82) is 0 Å². The Hall–Kier alpha value is 0.140. The Morgan fingerprint density at radius 2 is 2.33 bits per heavy atom. The SMILES string of the molecule is Clc1ccc(NC2CCCSC2)cc1Br. The topological polar surface area (TPSA) is 12.0 Å². The first-order valence-electron chi connectivity index (χ1n) is 5.05. The first kappa shape index (κ1) is 11.6. The van der Waals surface area contributed by atoms with Crippen molar-refractivity contribution in [2.75, 3.05) is 16.8 Å². The number of hydrogen-bond donors (Lipinski definition) is 1. The van der Waals surface area contributed by atoms with Crippen molar-refractivity contribution in [2.24, 2.45) is 0 Å². The van der Waals surface area contributed by atoms with E-state index in [1.54, 1.807) is 0 Å². The van der Waals surface area contributed by atoms with E-state index in [-0.39, 0.29) is 0 Å². The van der Waals surface area contributed by atoms with Gasteiger partial charge in [-0.25, -0.2) is 0 Å². The number of anilines is 1. The molecule has 1 aliphatic rings. The lowest BCUT2D eigenvalue weighted by Crippen LogP contribution is -2.25. The maximum atomic E-state index is 5.94. The first-order chi connectivity index (χ1) is 7.25. The molecule has 1 fully saturated rings. The summed E-state index contributed by atoms with van der Waals surface area (Å²) < 4.78 is 0.956. The van der Waals surface area contributed by atoms with Gasteiger partial charge in [-0.3, -0.25) is 0 Å². The lowest BCUT2D eigenvalue weighted by Gasteiger charge is -2.23. The Morgan fingerprint density at radius 3 is 3.00 bits per heavy atom. The van der Waals surface area contributed by atoms with Gasteiger partial charge in [0.05, 0.1) is 5.02 Å². The first-order valence-corrected chi connectivity index (χ1v) is 7.37. The Bertz CT molecular complexity index is 339. The van der Waals surface area contributed by atoms with E-state index in [9.17, 15) is 0 Å². The van der Waals surface area contributed by atoms with Crippen molar-refractivity contribution in [3.8, 4) is 0 Å². The van der Waals surface area contributed by atoms with Crippen LogP contribution in [0.4, 0.5) is 5.69 Å². The van der Waals surface area contributed by atoms with Crippen molar-refractivity contribution < 1.29 is 0 Å². The molecular formula is C11H13BrClNS. The largest absolute Gasteiger partial charge is 0.381 e. The Kier molecular flexibility index (Phi) is 4.23. The van der Waals surface area contributed by atoms with Crippen LogP contribution in [0.5, 0.6) is 0 Å². The summed E-state index contributed by atoms with van der Waals surface area (Å²) in [5.74, 6) is 2.52. The highest BCUT2D eigenvalue weighted by molar-refractivity contribution is 9.10. The van der Waals surface area contributed by atoms with Gasteiger partial charge in [-0.15, -0.1) is 0 Å². The van der Waals surface area contributed by atoms with Crippen molar-refractivity contribution >= 4 is 45.0 Å². The molecule has 1 aromatic rings. The highest BCUT2D eigenvalue weighted by Gasteiger charge is 2.13. The smallest absolute Gasteiger partial charge is 0.0549 e. The molecule has 1 unspecified atom stereocenters. The molecular weight excluding hydrogens is 294 g/mol. The number of halogens is 2. The zero-order valence-electron chi connectivity index (χ0n) is 8.30. The average Bonchev–Trinajstić information content (AvgIpc) is 2.25. The zero-order chi connectivity index (χ0) is 10.7. The summed E-state index contributed by atoms with van der Waals surface area (Å²) in [6.45, 7) is 0. The minimum absolute atomic E-state index is 0.608. The summed E-state index contributed by atoms with van der Waals surface area (Å²) in [6.07, 6.45) is 2.59. The summed E-state index contributed by atoms with van der Waals surface area (Å²) in [4.78, 5) is 0. The quantitative estimate of drug-likeness (QED) is 0.868. The van der Waals surface area contributed by atoms with Gasteiger partial charge in [0.2, 0.25) is 0 Å². The molecule has 0 saturated carbocycles. The number of benzene rings is 1. The number of nitrogens with one attached hydrogen (secondary N) is 1. The summed E-state index contributed by atoms with van der Waals surface area (Å²) in [5.41, 5.74) is 1.15. The molecule has 0 aliphatic carbocycles. The van der Waals surface area contributed by atoms with Crippen molar-refractivity contribution in [2.45, 2.75) is 18.9 Å². The molecule has 4 heteroatoms. The monoisotopic (exact) mass is 305 g/mol. The van der Waals surface area contributed by atoms with Gasteiger partial charge < -0.3 is 5.32 Å². The van der Waals surface area contributed by atoms with Crippen LogP contribution in [0.15, 0.2) is 22.7 Å². The average molecular weight is 307 g/mol. The van der Waals surface area contributed by atoms with E-state index in [4.69, 9.17) is 11.6 Å². The molecule has 82 valence electrons. The molecule has 0 bridgehead atoms. The summed E-state index contributed by atoms with van der Waals surface area (Å²) in [7, 11) is 0. The molecule has 1 heterocycles. The zero-order valence-corrected chi connectivity index (χ0v) is 11.5. The van der Waals surface area contributed by atoms with Crippen LogP contribution in [-0.4, -0.2) is 17.5 Å². The fraction of sp³-hybridized carbons (Fsp3) is 0.455.